The maximum Gasteiger partial charge on any atom is 0.252 e. The molecule has 0 atom stereocenters. The Morgan fingerprint density at radius 2 is 2.28 bits per heavy atom. The Bertz CT molecular complexity index is 449. The van der Waals surface area contributed by atoms with Crippen molar-refractivity contribution in [3.8, 4) is 0 Å². The molecule has 0 radical (unpaired) electrons. The highest BCUT2D eigenvalue weighted by Gasteiger charge is 2.25. The molecule has 1 aromatic rings. The summed E-state index contributed by atoms with van der Waals surface area (Å²) in [6.45, 7) is 1.40. The fraction of sp³-hybridized carbons (Fsp3) is 0.462. The Morgan fingerprint density at radius 3 is 2.94 bits per heavy atom. The van der Waals surface area contributed by atoms with Crippen molar-refractivity contribution in [3.63, 3.8) is 0 Å². The van der Waals surface area contributed by atoms with Gasteiger partial charge < -0.3 is 10.2 Å². The predicted octanol–water partition coefficient (Wildman–Crippen LogP) is 2.41. The summed E-state index contributed by atoms with van der Waals surface area (Å²) in [5, 5.41) is 2.80. The number of likely N-dealkylation sites (N-methyl/N-ethyl adjacent to an activating group) is 1. The molecule has 18 heavy (non-hydrogen) atoms. The normalized spacial score (nSPS) is 14.9. The average Bonchev–Trinajstić information content (AvgIpc) is 3.16. The SMILES string of the molecule is CN(CCNC(=O)c1cc(F)ccc1Br)C1CC1. The lowest BCUT2D eigenvalue weighted by molar-refractivity contribution is 0.0948. The Hall–Kier alpha value is -0.940. The molecule has 3 nitrogen and oxygen atoms in total. The molecule has 1 aliphatic rings. The van der Waals surface area contributed by atoms with Gasteiger partial charge in [-0.2, -0.15) is 0 Å². The second kappa shape index (κ2) is 5.80. The second-order valence-electron chi connectivity index (χ2n) is 4.59. The zero-order valence-corrected chi connectivity index (χ0v) is 11.8. The highest BCUT2D eigenvalue weighted by atomic mass is 79.9. The average molecular weight is 315 g/mol. The summed E-state index contributed by atoms with van der Waals surface area (Å²) in [6, 6.07) is 4.79. The third-order valence-corrected chi connectivity index (χ3v) is 3.78. The summed E-state index contributed by atoms with van der Waals surface area (Å²) in [4.78, 5) is 14.1. The molecule has 5 heteroatoms. The Morgan fingerprint density at radius 1 is 1.56 bits per heavy atom. The number of nitrogens with one attached hydrogen (secondary N) is 1. The van der Waals surface area contributed by atoms with E-state index in [1.807, 2.05) is 0 Å². The second-order valence-corrected chi connectivity index (χ2v) is 5.45. The van der Waals surface area contributed by atoms with Crippen molar-refractivity contribution < 1.29 is 9.18 Å². The number of rotatable bonds is 5. The van der Waals surface area contributed by atoms with Crippen molar-refractivity contribution in [1.29, 1.82) is 0 Å². The van der Waals surface area contributed by atoms with Crippen molar-refractivity contribution in [3.05, 3.63) is 34.1 Å². The van der Waals surface area contributed by atoms with Gasteiger partial charge >= 0.3 is 0 Å². The molecule has 1 amide bonds. The first-order chi connectivity index (χ1) is 8.58. The molecule has 2 rings (SSSR count). The predicted molar refractivity (Wildman–Crippen MR) is 72.1 cm³/mol. The topological polar surface area (TPSA) is 32.3 Å². The molecular formula is C13H16BrFN2O. The van der Waals surface area contributed by atoms with Crippen LogP contribution in [0.15, 0.2) is 22.7 Å². The van der Waals surface area contributed by atoms with E-state index in [9.17, 15) is 9.18 Å². The summed E-state index contributed by atoms with van der Waals surface area (Å²) in [6.07, 6.45) is 2.50. The van der Waals surface area contributed by atoms with Crippen LogP contribution in [0.1, 0.15) is 23.2 Å². The van der Waals surface area contributed by atoms with Gasteiger partial charge in [0, 0.05) is 23.6 Å². The minimum Gasteiger partial charge on any atom is -0.351 e. The molecule has 1 N–H and O–H groups in total. The van der Waals surface area contributed by atoms with Crippen molar-refractivity contribution >= 4 is 21.8 Å². The van der Waals surface area contributed by atoms with Crippen LogP contribution in [0.4, 0.5) is 4.39 Å². The van der Waals surface area contributed by atoms with Crippen LogP contribution >= 0.6 is 15.9 Å². The van der Waals surface area contributed by atoms with Gasteiger partial charge in [0.25, 0.3) is 5.91 Å². The van der Waals surface area contributed by atoms with E-state index in [1.165, 1.54) is 25.0 Å². The molecule has 0 bridgehead atoms. The van der Waals surface area contributed by atoms with E-state index in [2.05, 4.69) is 33.2 Å². The number of amides is 1. The van der Waals surface area contributed by atoms with Gasteiger partial charge in [-0.05, 0) is 54.0 Å². The molecule has 98 valence electrons. The lowest BCUT2D eigenvalue weighted by Gasteiger charge is -2.15. The fourth-order valence-corrected chi connectivity index (χ4v) is 2.24. The van der Waals surface area contributed by atoms with Crippen molar-refractivity contribution in [2.24, 2.45) is 0 Å². The third-order valence-electron chi connectivity index (χ3n) is 3.09. The maximum absolute atomic E-state index is 13.1. The van der Waals surface area contributed by atoms with Crippen LogP contribution in [0.2, 0.25) is 0 Å². The van der Waals surface area contributed by atoms with Crippen LogP contribution < -0.4 is 5.32 Å². The minimum atomic E-state index is -0.404. The van der Waals surface area contributed by atoms with E-state index in [-0.39, 0.29) is 5.91 Å². The standard InChI is InChI=1S/C13H16BrFN2O/c1-17(10-3-4-10)7-6-16-13(18)11-8-9(15)2-5-12(11)14/h2,5,8,10H,3-4,6-7H2,1H3,(H,16,18). The molecule has 0 spiro atoms. The number of hydrogen-bond acceptors (Lipinski definition) is 2. The van der Waals surface area contributed by atoms with Crippen LogP contribution in [0.3, 0.4) is 0 Å². The summed E-state index contributed by atoms with van der Waals surface area (Å²) in [7, 11) is 2.06. The zero-order valence-electron chi connectivity index (χ0n) is 10.2. The molecule has 1 aliphatic carbocycles. The number of nitrogens with zero attached hydrogens (tertiary/aromatic N) is 1. The van der Waals surface area contributed by atoms with Crippen LogP contribution in [0, 0.1) is 5.82 Å². The van der Waals surface area contributed by atoms with Gasteiger partial charge in [-0.25, -0.2) is 4.39 Å². The quantitative estimate of drug-likeness (QED) is 0.905. The molecule has 1 fully saturated rings. The van der Waals surface area contributed by atoms with E-state index >= 15 is 0 Å². The summed E-state index contributed by atoms with van der Waals surface area (Å²) in [5.74, 6) is -0.649. The number of benzene rings is 1. The highest BCUT2D eigenvalue weighted by Crippen LogP contribution is 2.24. The smallest absolute Gasteiger partial charge is 0.252 e. The lowest BCUT2D eigenvalue weighted by atomic mass is 10.2. The molecule has 0 saturated heterocycles. The fourth-order valence-electron chi connectivity index (χ4n) is 1.81. The third kappa shape index (κ3) is 3.53. The van der Waals surface area contributed by atoms with E-state index < -0.39 is 5.82 Å². The van der Waals surface area contributed by atoms with E-state index in [4.69, 9.17) is 0 Å². The first kappa shape index (κ1) is 13.5. The summed E-state index contributed by atoms with van der Waals surface area (Å²) >= 11 is 3.25. The highest BCUT2D eigenvalue weighted by molar-refractivity contribution is 9.10. The number of carbonyl (C=O) groups is 1. The van der Waals surface area contributed by atoms with Gasteiger partial charge in [-0.1, -0.05) is 0 Å². The van der Waals surface area contributed by atoms with Crippen LogP contribution in [-0.4, -0.2) is 37.0 Å². The molecular weight excluding hydrogens is 299 g/mol. The molecule has 1 aromatic carbocycles. The molecule has 0 aliphatic heterocycles. The number of carbonyl (C=O) groups excluding carboxylic acids is 1. The van der Waals surface area contributed by atoms with Crippen molar-refractivity contribution in [1.82, 2.24) is 10.2 Å². The van der Waals surface area contributed by atoms with Gasteiger partial charge in [-0.3, -0.25) is 4.79 Å². The molecule has 0 heterocycles. The summed E-state index contributed by atoms with van der Waals surface area (Å²) in [5.41, 5.74) is 0.337. The lowest BCUT2D eigenvalue weighted by Crippen LogP contribution is -2.34. The van der Waals surface area contributed by atoms with Crippen LogP contribution in [-0.2, 0) is 0 Å². The number of halogens is 2. The maximum atomic E-state index is 13.1. The monoisotopic (exact) mass is 314 g/mol. The Kier molecular flexibility index (Phi) is 4.35. The first-order valence-electron chi connectivity index (χ1n) is 6.01. The van der Waals surface area contributed by atoms with Gasteiger partial charge in [0.05, 0.1) is 5.56 Å². The minimum absolute atomic E-state index is 0.245. The van der Waals surface area contributed by atoms with Crippen LogP contribution in [0.25, 0.3) is 0 Å². The largest absolute Gasteiger partial charge is 0.351 e. The first-order valence-corrected chi connectivity index (χ1v) is 6.80. The van der Waals surface area contributed by atoms with Crippen molar-refractivity contribution in [2.45, 2.75) is 18.9 Å². The van der Waals surface area contributed by atoms with Crippen LogP contribution in [0.5, 0.6) is 0 Å². The molecule has 0 unspecified atom stereocenters. The molecule has 0 aromatic heterocycles. The van der Waals surface area contributed by atoms with Crippen molar-refractivity contribution in [2.75, 3.05) is 20.1 Å². The van der Waals surface area contributed by atoms with Gasteiger partial charge in [0.1, 0.15) is 5.82 Å². The summed E-state index contributed by atoms with van der Waals surface area (Å²) < 4.78 is 13.7. The van der Waals surface area contributed by atoms with E-state index in [0.29, 0.717) is 22.6 Å². The van der Waals surface area contributed by atoms with Gasteiger partial charge in [0.2, 0.25) is 0 Å². The Balaban J connectivity index is 1.85. The van der Waals surface area contributed by atoms with E-state index in [1.54, 1.807) is 6.07 Å². The number of hydrogen-bond donors (Lipinski definition) is 1. The van der Waals surface area contributed by atoms with Gasteiger partial charge in [0.15, 0.2) is 0 Å². The Labute approximate surface area is 114 Å². The molecule has 1 saturated carbocycles. The van der Waals surface area contributed by atoms with E-state index in [0.717, 1.165) is 6.54 Å². The zero-order chi connectivity index (χ0) is 13.1. The van der Waals surface area contributed by atoms with Gasteiger partial charge in [-0.15, -0.1) is 0 Å².